The average molecular weight is 478 g/mol. The van der Waals surface area contributed by atoms with Gasteiger partial charge in [-0.2, -0.15) is 10.2 Å². The van der Waals surface area contributed by atoms with Gasteiger partial charge in [-0.15, -0.1) is 0 Å². The average Bonchev–Trinajstić information content (AvgIpc) is 2.95. The lowest BCUT2D eigenvalue weighted by Crippen LogP contribution is -2.54. The molecule has 2 aromatic carbocycles. The first kappa shape index (κ1) is 23.3. The Morgan fingerprint density at radius 1 is 1.23 bits per heavy atom. The van der Waals surface area contributed by atoms with E-state index < -0.39 is 16.9 Å². The Hall–Kier alpha value is -2.33. The van der Waals surface area contributed by atoms with Crippen LogP contribution >= 0.6 is 35.6 Å². The third-order valence-electron chi connectivity index (χ3n) is 4.67. The number of urea groups is 1. The fourth-order valence-electron chi connectivity index (χ4n) is 3.04. The molecule has 2 aromatic rings. The second kappa shape index (κ2) is 9.44. The summed E-state index contributed by atoms with van der Waals surface area (Å²) in [6, 6.07) is 13.8. The molecule has 2 amide bonds. The summed E-state index contributed by atoms with van der Waals surface area (Å²) in [6.45, 7) is 3.80. The topological polar surface area (TPSA) is 71.4 Å². The number of halogens is 1. The predicted octanol–water partition coefficient (Wildman–Crippen LogP) is 5.10. The number of hydrogen-bond donors (Lipinski definition) is 2. The molecule has 3 rings (SSSR count). The minimum absolute atomic E-state index is 0.467. The number of nitrogens with zero attached hydrogens (tertiary/aromatic N) is 4. The zero-order valence-electron chi connectivity index (χ0n) is 17.6. The molecule has 1 aliphatic heterocycles. The highest BCUT2D eigenvalue weighted by Gasteiger charge is 2.50. The molecule has 164 valence electrons. The number of hydroxylamine groups is 2. The zero-order chi connectivity index (χ0) is 22.8. The van der Waals surface area contributed by atoms with Crippen LogP contribution in [0.25, 0.3) is 0 Å². The van der Waals surface area contributed by atoms with Crippen molar-refractivity contribution in [3.05, 3.63) is 59.1 Å². The number of thioether (sulfide) groups is 1. The molecule has 0 saturated carbocycles. The molecule has 0 unspecified atom stereocenters. The standard InChI is InChI=1S/C21H24ClN5O2S2/c1-21(2)18(27(29)19(28)24-16-9-7-15(22)8-10-16)26(20(30)31-21)23-13-14-5-11-17(12-6-14)25(3)4/h5-13,18,29H,1-4H3,(H,24,28)/b23-13-/t18-/m0/s1. The molecular weight excluding hydrogens is 454 g/mol. The van der Waals surface area contributed by atoms with Crippen molar-refractivity contribution in [3.8, 4) is 0 Å². The molecule has 1 aliphatic rings. The van der Waals surface area contributed by atoms with Crippen molar-refractivity contribution in [2.75, 3.05) is 24.3 Å². The first-order valence-electron chi connectivity index (χ1n) is 9.47. The fraction of sp³-hybridized carbons (Fsp3) is 0.286. The highest BCUT2D eigenvalue weighted by Crippen LogP contribution is 2.42. The van der Waals surface area contributed by atoms with E-state index in [4.69, 9.17) is 23.8 Å². The Balaban J connectivity index is 1.79. The van der Waals surface area contributed by atoms with Crippen molar-refractivity contribution in [1.29, 1.82) is 0 Å². The van der Waals surface area contributed by atoms with Crippen molar-refractivity contribution in [2.45, 2.75) is 24.8 Å². The first-order valence-corrected chi connectivity index (χ1v) is 11.1. The van der Waals surface area contributed by atoms with Crippen LogP contribution in [0.4, 0.5) is 16.2 Å². The maximum absolute atomic E-state index is 12.7. The molecule has 0 aromatic heterocycles. The molecule has 0 bridgehead atoms. The van der Waals surface area contributed by atoms with Crippen molar-refractivity contribution >= 4 is 63.5 Å². The number of carbonyl (C=O) groups is 1. The van der Waals surface area contributed by atoms with Crippen molar-refractivity contribution in [2.24, 2.45) is 5.10 Å². The van der Waals surface area contributed by atoms with Crippen LogP contribution in [0.1, 0.15) is 19.4 Å². The van der Waals surface area contributed by atoms with Gasteiger partial charge < -0.3 is 10.2 Å². The summed E-state index contributed by atoms with van der Waals surface area (Å²) in [4.78, 5) is 14.7. The number of hydrogen-bond acceptors (Lipinski definition) is 6. The Morgan fingerprint density at radius 3 is 2.42 bits per heavy atom. The number of thiocarbonyl (C=S) groups is 1. The molecule has 0 aliphatic carbocycles. The third kappa shape index (κ3) is 5.48. The summed E-state index contributed by atoms with van der Waals surface area (Å²) in [5.74, 6) is 0. The Morgan fingerprint density at radius 2 is 1.84 bits per heavy atom. The SMILES string of the molecule is CN(C)c1ccc(/C=N\N2C(=S)SC(C)(C)[C@@H]2N(O)C(=O)Nc2ccc(Cl)cc2)cc1. The zero-order valence-corrected chi connectivity index (χ0v) is 20.0. The molecule has 10 heteroatoms. The molecule has 0 spiro atoms. The van der Waals surface area contributed by atoms with Gasteiger partial charge in [0.15, 0.2) is 10.5 Å². The Kier molecular flexibility index (Phi) is 7.10. The fourth-order valence-corrected chi connectivity index (χ4v) is 4.95. The van der Waals surface area contributed by atoms with Crippen molar-refractivity contribution < 1.29 is 10.0 Å². The van der Waals surface area contributed by atoms with Crippen LogP contribution in [0.15, 0.2) is 53.6 Å². The summed E-state index contributed by atoms with van der Waals surface area (Å²) >= 11 is 12.7. The Labute approximate surface area is 196 Å². The monoisotopic (exact) mass is 477 g/mol. The van der Waals surface area contributed by atoms with Gasteiger partial charge in [0.1, 0.15) is 0 Å². The van der Waals surface area contributed by atoms with Gasteiger partial charge in [-0.25, -0.2) is 9.80 Å². The third-order valence-corrected chi connectivity index (χ3v) is 6.45. The van der Waals surface area contributed by atoms with Gasteiger partial charge in [0.2, 0.25) is 0 Å². The maximum atomic E-state index is 12.7. The van der Waals surface area contributed by atoms with E-state index >= 15 is 0 Å². The van der Waals surface area contributed by atoms with Gasteiger partial charge in [-0.05, 0) is 55.8 Å². The van der Waals surface area contributed by atoms with E-state index in [1.165, 1.54) is 16.8 Å². The highest BCUT2D eigenvalue weighted by atomic mass is 35.5. The van der Waals surface area contributed by atoms with E-state index in [0.717, 1.165) is 11.3 Å². The largest absolute Gasteiger partial charge is 0.378 e. The van der Waals surface area contributed by atoms with Crippen LogP contribution in [0.5, 0.6) is 0 Å². The maximum Gasteiger partial charge on any atom is 0.347 e. The molecule has 1 saturated heterocycles. The minimum atomic E-state index is -0.797. The van der Waals surface area contributed by atoms with E-state index in [9.17, 15) is 10.0 Å². The first-order chi connectivity index (χ1) is 14.6. The van der Waals surface area contributed by atoms with Crippen LogP contribution in [-0.4, -0.2) is 56.9 Å². The Bertz CT molecular complexity index is 980. The number of benzene rings is 2. The number of rotatable bonds is 5. The summed E-state index contributed by atoms with van der Waals surface area (Å²) in [7, 11) is 3.95. The van der Waals surface area contributed by atoms with Crippen molar-refractivity contribution in [3.63, 3.8) is 0 Å². The van der Waals surface area contributed by atoms with E-state index in [-0.39, 0.29) is 0 Å². The second-order valence-electron chi connectivity index (χ2n) is 7.70. The number of nitrogens with one attached hydrogen (secondary N) is 1. The normalized spacial score (nSPS) is 17.8. The second-order valence-corrected chi connectivity index (χ2v) is 10.4. The molecule has 2 N–H and O–H groups in total. The molecule has 31 heavy (non-hydrogen) atoms. The summed E-state index contributed by atoms with van der Waals surface area (Å²) in [5, 5.41) is 20.6. The number of hydrazone groups is 1. The van der Waals surface area contributed by atoms with Gasteiger partial charge >= 0.3 is 6.03 Å². The van der Waals surface area contributed by atoms with E-state index in [2.05, 4.69) is 10.4 Å². The summed E-state index contributed by atoms with van der Waals surface area (Å²) in [5.41, 5.74) is 2.45. The molecule has 1 heterocycles. The highest BCUT2D eigenvalue weighted by molar-refractivity contribution is 8.24. The molecular formula is C21H24ClN5O2S2. The quantitative estimate of drug-likeness (QED) is 0.270. The van der Waals surface area contributed by atoms with Gasteiger partial charge in [0, 0.05) is 30.5 Å². The van der Waals surface area contributed by atoms with Crippen LogP contribution in [0.3, 0.4) is 0 Å². The lowest BCUT2D eigenvalue weighted by molar-refractivity contribution is -0.114. The van der Waals surface area contributed by atoms with E-state index in [1.807, 2.05) is 57.1 Å². The predicted molar refractivity (Wildman–Crippen MR) is 132 cm³/mol. The smallest absolute Gasteiger partial charge is 0.347 e. The summed E-state index contributed by atoms with van der Waals surface area (Å²) in [6.07, 6.45) is 0.862. The molecule has 7 nitrogen and oxygen atoms in total. The van der Waals surface area contributed by atoms with Gasteiger partial charge in [-0.3, -0.25) is 5.21 Å². The van der Waals surface area contributed by atoms with Gasteiger partial charge in [-0.1, -0.05) is 47.7 Å². The van der Waals surface area contributed by atoms with Crippen LogP contribution in [0, 0.1) is 0 Å². The summed E-state index contributed by atoms with van der Waals surface area (Å²) < 4.78 is -0.121. The minimum Gasteiger partial charge on any atom is -0.378 e. The van der Waals surface area contributed by atoms with Crippen LogP contribution in [0.2, 0.25) is 5.02 Å². The van der Waals surface area contributed by atoms with Crippen LogP contribution in [-0.2, 0) is 0 Å². The van der Waals surface area contributed by atoms with Gasteiger partial charge in [0.05, 0.1) is 11.0 Å². The molecule has 0 radical (unpaired) electrons. The van der Waals surface area contributed by atoms with Crippen LogP contribution < -0.4 is 10.2 Å². The number of amides is 2. The van der Waals surface area contributed by atoms with E-state index in [1.54, 1.807) is 30.5 Å². The molecule has 1 atom stereocenters. The lowest BCUT2D eigenvalue weighted by atomic mass is 10.1. The van der Waals surface area contributed by atoms with Crippen molar-refractivity contribution in [1.82, 2.24) is 10.1 Å². The van der Waals surface area contributed by atoms with E-state index in [0.29, 0.717) is 20.1 Å². The number of anilines is 2. The molecule has 1 fully saturated rings. The lowest BCUT2D eigenvalue weighted by Gasteiger charge is -2.34. The number of carbonyl (C=O) groups excluding carboxylic acids is 1. The van der Waals surface area contributed by atoms with Gasteiger partial charge in [0.25, 0.3) is 0 Å².